The first-order chi connectivity index (χ1) is 8.67. The van der Waals surface area contributed by atoms with Crippen LogP contribution in [0.1, 0.15) is 25.0 Å². The topological polar surface area (TPSA) is 78.9 Å². The summed E-state index contributed by atoms with van der Waals surface area (Å²) >= 11 is 0. The van der Waals surface area contributed by atoms with Crippen LogP contribution < -0.4 is 5.56 Å². The maximum Gasteiger partial charge on any atom is 0.258 e. The van der Waals surface area contributed by atoms with Crippen molar-refractivity contribution in [2.45, 2.75) is 26.7 Å². The van der Waals surface area contributed by atoms with Crippen molar-refractivity contribution >= 4 is 0 Å². The minimum atomic E-state index is -0.312. The first-order valence-corrected chi connectivity index (χ1v) is 5.93. The van der Waals surface area contributed by atoms with Crippen molar-refractivity contribution < 1.29 is 5.11 Å². The summed E-state index contributed by atoms with van der Waals surface area (Å²) in [6.07, 6.45) is 2.86. The largest absolute Gasteiger partial charge is 0.493 e. The molecule has 2 heterocycles. The molecule has 2 aromatic heterocycles. The summed E-state index contributed by atoms with van der Waals surface area (Å²) in [5.41, 5.74) is 1.57. The number of hydrogen-bond donors (Lipinski definition) is 2. The summed E-state index contributed by atoms with van der Waals surface area (Å²) in [4.78, 5) is 22.7. The molecule has 0 aliphatic rings. The molecule has 0 aromatic carbocycles. The number of nitrogens with one attached hydrogen (secondary N) is 1. The molecule has 2 aromatic rings. The van der Waals surface area contributed by atoms with Crippen molar-refractivity contribution in [2.75, 3.05) is 0 Å². The Morgan fingerprint density at radius 1 is 1.33 bits per heavy atom. The van der Waals surface area contributed by atoms with Gasteiger partial charge in [-0.15, -0.1) is 0 Å². The molecule has 0 fully saturated rings. The fraction of sp³-hybridized carbons (Fsp3) is 0.308. The van der Waals surface area contributed by atoms with Gasteiger partial charge in [0, 0.05) is 6.20 Å². The third-order valence-corrected chi connectivity index (χ3v) is 2.84. The number of H-pyrrole nitrogens is 1. The first kappa shape index (κ1) is 12.3. The van der Waals surface area contributed by atoms with Crippen LogP contribution in [0.25, 0.3) is 11.5 Å². The standard InChI is InChI=1S/C13H15N3O2/c1-3-8-6-5-7-14-10(8)11-15-12(17)9(4-2)13(18)16-11/h5-7H,3-4H2,1-2H3,(H2,15,16,17,18). The molecule has 2 N–H and O–H groups in total. The molecule has 0 spiro atoms. The van der Waals surface area contributed by atoms with Crippen molar-refractivity contribution in [3.63, 3.8) is 0 Å². The lowest BCUT2D eigenvalue weighted by molar-refractivity contribution is 0.444. The Balaban J connectivity index is 2.62. The number of aromatic hydroxyl groups is 1. The minimum Gasteiger partial charge on any atom is -0.493 e. The third kappa shape index (κ3) is 2.11. The van der Waals surface area contributed by atoms with Crippen LogP contribution in [-0.4, -0.2) is 20.1 Å². The van der Waals surface area contributed by atoms with E-state index in [-0.39, 0.29) is 11.4 Å². The number of pyridine rings is 1. The van der Waals surface area contributed by atoms with Crippen LogP contribution in [-0.2, 0) is 12.8 Å². The molecular weight excluding hydrogens is 230 g/mol. The summed E-state index contributed by atoms with van der Waals surface area (Å²) in [5, 5.41) is 9.74. The van der Waals surface area contributed by atoms with Gasteiger partial charge in [-0.1, -0.05) is 19.9 Å². The molecule has 0 saturated carbocycles. The molecule has 0 amide bonds. The SMILES string of the molecule is CCc1cccnc1-c1nc(O)c(CC)c(=O)[nH]1. The Morgan fingerprint density at radius 3 is 2.72 bits per heavy atom. The van der Waals surface area contributed by atoms with Crippen molar-refractivity contribution in [3.05, 3.63) is 39.8 Å². The van der Waals surface area contributed by atoms with Crippen molar-refractivity contribution in [1.29, 1.82) is 0 Å². The van der Waals surface area contributed by atoms with Crippen molar-refractivity contribution in [2.24, 2.45) is 0 Å². The van der Waals surface area contributed by atoms with E-state index in [0.717, 1.165) is 12.0 Å². The zero-order chi connectivity index (χ0) is 13.1. The van der Waals surface area contributed by atoms with Crippen molar-refractivity contribution in [1.82, 2.24) is 15.0 Å². The van der Waals surface area contributed by atoms with Crippen LogP contribution >= 0.6 is 0 Å². The van der Waals surface area contributed by atoms with Gasteiger partial charge < -0.3 is 10.1 Å². The molecule has 0 bridgehead atoms. The molecule has 0 atom stereocenters. The van der Waals surface area contributed by atoms with Gasteiger partial charge in [0.05, 0.1) is 5.56 Å². The molecule has 5 nitrogen and oxygen atoms in total. The Labute approximate surface area is 105 Å². The quantitative estimate of drug-likeness (QED) is 0.862. The molecule has 0 unspecified atom stereocenters. The lowest BCUT2D eigenvalue weighted by atomic mass is 10.1. The van der Waals surface area contributed by atoms with Gasteiger partial charge in [-0.3, -0.25) is 9.78 Å². The third-order valence-electron chi connectivity index (χ3n) is 2.84. The van der Waals surface area contributed by atoms with E-state index in [1.807, 2.05) is 19.1 Å². The monoisotopic (exact) mass is 245 g/mol. The smallest absolute Gasteiger partial charge is 0.258 e. The van der Waals surface area contributed by atoms with Crippen molar-refractivity contribution in [3.8, 4) is 17.4 Å². The number of hydrogen-bond acceptors (Lipinski definition) is 4. The zero-order valence-electron chi connectivity index (χ0n) is 10.4. The number of aromatic amines is 1. The number of nitrogens with zero attached hydrogens (tertiary/aromatic N) is 2. The van der Waals surface area contributed by atoms with E-state index >= 15 is 0 Å². The maximum absolute atomic E-state index is 11.8. The molecule has 0 aliphatic carbocycles. The van der Waals surface area contributed by atoms with E-state index in [9.17, 15) is 9.90 Å². The summed E-state index contributed by atoms with van der Waals surface area (Å²) in [6.45, 7) is 3.79. The van der Waals surface area contributed by atoms with E-state index in [0.29, 0.717) is 23.5 Å². The molecule has 94 valence electrons. The van der Waals surface area contributed by atoms with Crippen LogP contribution in [0.4, 0.5) is 0 Å². The molecule has 2 rings (SSSR count). The summed E-state index contributed by atoms with van der Waals surface area (Å²) in [5.74, 6) is 0.0936. The van der Waals surface area contributed by atoms with Gasteiger partial charge >= 0.3 is 0 Å². The summed E-state index contributed by atoms with van der Waals surface area (Å²) in [6, 6.07) is 3.76. The lowest BCUT2D eigenvalue weighted by Crippen LogP contribution is -2.15. The zero-order valence-corrected chi connectivity index (χ0v) is 10.4. The molecule has 0 saturated heterocycles. The number of aryl methyl sites for hydroxylation is 1. The highest BCUT2D eigenvalue weighted by Crippen LogP contribution is 2.19. The molecular formula is C13H15N3O2. The van der Waals surface area contributed by atoms with E-state index in [1.165, 1.54) is 0 Å². The highest BCUT2D eigenvalue weighted by molar-refractivity contribution is 5.55. The fourth-order valence-electron chi connectivity index (χ4n) is 1.85. The van der Waals surface area contributed by atoms with E-state index < -0.39 is 0 Å². The van der Waals surface area contributed by atoms with Gasteiger partial charge in [0.15, 0.2) is 5.82 Å². The average Bonchev–Trinajstić information content (AvgIpc) is 2.38. The van der Waals surface area contributed by atoms with Crippen LogP contribution in [0.5, 0.6) is 5.88 Å². The first-order valence-electron chi connectivity index (χ1n) is 5.93. The highest BCUT2D eigenvalue weighted by atomic mass is 16.3. The molecule has 0 radical (unpaired) electrons. The molecule has 5 heteroatoms. The molecule has 0 aliphatic heterocycles. The summed E-state index contributed by atoms with van der Waals surface area (Å²) < 4.78 is 0. The van der Waals surface area contributed by atoms with Gasteiger partial charge in [-0.05, 0) is 24.5 Å². The van der Waals surface area contributed by atoms with Gasteiger partial charge in [0.25, 0.3) is 5.56 Å². The van der Waals surface area contributed by atoms with Gasteiger partial charge in [-0.25, -0.2) is 0 Å². The van der Waals surface area contributed by atoms with Crippen LogP contribution in [0.15, 0.2) is 23.1 Å². The molecule has 18 heavy (non-hydrogen) atoms. The van der Waals surface area contributed by atoms with E-state index in [2.05, 4.69) is 15.0 Å². The second-order valence-corrected chi connectivity index (χ2v) is 3.93. The summed E-state index contributed by atoms with van der Waals surface area (Å²) in [7, 11) is 0. The lowest BCUT2D eigenvalue weighted by Gasteiger charge is -2.07. The van der Waals surface area contributed by atoms with Gasteiger partial charge in [-0.2, -0.15) is 4.98 Å². The van der Waals surface area contributed by atoms with E-state index in [4.69, 9.17) is 0 Å². The normalized spacial score (nSPS) is 10.6. The second-order valence-electron chi connectivity index (χ2n) is 3.93. The number of aromatic nitrogens is 3. The minimum absolute atomic E-state index is 0.219. The highest BCUT2D eigenvalue weighted by Gasteiger charge is 2.12. The average molecular weight is 245 g/mol. The fourth-order valence-corrected chi connectivity index (χ4v) is 1.85. The number of rotatable bonds is 3. The Kier molecular flexibility index (Phi) is 3.41. The Hall–Kier alpha value is -2.17. The second kappa shape index (κ2) is 5.00. The van der Waals surface area contributed by atoms with Crippen LogP contribution in [0.3, 0.4) is 0 Å². The predicted molar refractivity (Wildman–Crippen MR) is 68.5 cm³/mol. The van der Waals surface area contributed by atoms with E-state index in [1.54, 1.807) is 13.1 Å². The van der Waals surface area contributed by atoms with Gasteiger partial charge in [0.2, 0.25) is 5.88 Å². The Bertz CT molecular complexity index is 620. The van der Waals surface area contributed by atoms with Crippen LogP contribution in [0.2, 0.25) is 0 Å². The predicted octanol–water partition coefficient (Wildman–Crippen LogP) is 1.66. The Morgan fingerprint density at radius 2 is 2.11 bits per heavy atom. The van der Waals surface area contributed by atoms with Gasteiger partial charge in [0.1, 0.15) is 5.69 Å². The maximum atomic E-state index is 11.8. The van der Waals surface area contributed by atoms with Crippen LogP contribution in [0, 0.1) is 0 Å².